The van der Waals surface area contributed by atoms with Gasteiger partial charge in [-0.3, -0.25) is 34.0 Å². The van der Waals surface area contributed by atoms with Crippen molar-refractivity contribution in [3.63, 3.8) is 0 Å². The van der Waals surface area contributed by atoms with Crippen molar-refractivity contribution in [2.75, 3.05) is 20.3 Å². The van der Waals surface area contributed by atoms with Gasteiger partial charge >= 0.3 is 12.1 Å². The molecule has 1 aromatic heterocycles. The lowest BCUT2D eigenvalue weighted by Gasteiger charge is -2.43. The van der Waals surface area contributed by atoms with Gasteiger partial charge in [-0.25, -0.2) is 9.80 Å². The molecule has 0 spiro atoms. The van der Waals surface area contributed by atoms with Crippen molar-refractivity contribution >= 4 is 35.6 Å². The number of ketones is 1. The van der Waals surface area contributed by atoms with Crippen LogP contribution in [0.25, 0.3) is 0 Å². The number of pyridine rings is 1. The van der Waals surface area contributed by atoms with Gasteiger partial charge in [0.15, 0.2) is 5.78 Å². The van der Waals surface area contributed by atoms with E-state index in [1.165, 1.54) is 17.4 Å². The molecule has 14 nitrogen and oxygen atoms in total. The number of alkyl carbamates (subject to hydrolysis) is 1. The monoisotopic (exact) mass is 561 g/mol. The van der Waals surface area contributed by atoms with E-state index in [4.69, 9.17) is 4.74 Å². The number of amides is 4. The molecule has 0 radical (unpaired) electrons. The summed E-state index contributed by atoms with van der Waals surface area (Å²) < 4.78 is 10.1. The van der Waals surface area contributed by atoms with Crippen molar-refractivity contribution in [3.05, 3.63) is 24.5 Å². The molecule has 2 saturated heterocycles. The van der Waals surface area contributed by atoms with Crippen LogP contribution in [-0.4, -0.2) is 94.1 Å². The second kappa shape index (κ2) is 12.7. The molecule has 4 unspecified atom stereocenters. The van der Waals surface area contributed by atoms with E-state index in [2.05, 4.69) is 20.4 Å². The number of carbonyl (C=O) groups excluding carboxylic acids is 5. The molecule has 0 aliphatic carbocycles. The van der Waals surface area contributed by atoms with Crippen molar-refractivity contribution in [1.82, 2.24) is 25.6 Å². The van der Waals surface area contributed by atoms with Crippen molar-refractivity contribution in [2.24, 2.45) is 11.3 Å². The fourth-order valence-electron chi connectivity index (χ4n) is 4.90. The van der Waals surface area contributed by atoms with Gasteiger partial charge in [0.2, 0.25) is 11.8 Å². The molecule has 3 N–H and O–H groups in total. The number of ether oxygens (including phenoxy) is 2. The lowest BCUT2D eigenvalue weighted by atomic mass is 9.75. The summed E-state index contributed by atoms with van der Waals surface area (Å²) in [6.45, 7) is 4.52. The number of methoxy groups -OCH3 is 1. The van der Waals surface area contributed by atoms with E-state index >= 15 is 0 Å². The molecule has 2 fully saturated rings. The summed E-state index contributed by atoms with van der Waals surface area (Å²) in [4.78, 5) is 81.4. The van der Waals surface area contributed by atoms with Crippen LogP contribution in [0, 0.1) is 11.3 Å². The highest BCUT2D eigenvalue weighted by atomic mass is 16.5. The quantitative estimate of drug-likeness (QED) is 0.384. The summed E-state index contributed by atoms with van der Waals surface area (Å²) in [6.07, 6.45) is 2.52. The van der Waals surface area contributed by atoms with E-state index in [0.29, 0.717) is 6.42 Å². The third-order valence-electron chi connectivity index (χ3n) is 6.83. The van der Waals surface area contributed by atoms with Gasteiger partial charge in [-0.05, 0) is 36.8 Å². The number of aromatic nitrogens is 1. The number of carbonyl (C=O) groups is 6. The highest BCUT2D eigenvalue weighted by molar-refractivity contribution is 5.98. The molecule has 4 atom stereocenters. The zero-order chi connectivity index (χ0) is 29.6. The second-order valence-corrected chi connectivity index (χ2v) is 10.7. The Labute approximate surface area is 231 Å². The Morgan fingerprint density at radius 1 is 1.20 bits per heavy atom. The fraction of sp³-hybridized carbons (Fsp3) is 0.577. The van der Waals surface area contributed by atoms with E-state index in [1.807, 2.05) is 0 Å². The minimum absolute atomic E-state index is 0.00596. The van der Waals surface area contributed by atoms with Gasteiger partial charge in [0, 0.05) is 19.2 Å². The van der Waals surface area contributed by atoms with Crippen LogP contribution in [0.5, 0.6) is 5.75 Å². The Morgan fingerprint density at radius 3 is 2.52 bits per heavy atom. The zero-order valence-electron chi connectivity index (χ0n) is 22.9. The van der Waals surface area contributed by atoms with Gasteiger partial charge in [0.05, 0.1) is 19.2 Å². The number of nitrogens with one attached hydrogen (secondary N) is 2. The van der Waals surface area contributed by atoms with E-state index in [9.17, 15) is 33.9 Å². The van der Waals surface area contributed by atoms with Gasteiger partial charge in [-0.15, -0.1) is 0 Å². The molecule has 0 saturated carbocycles. The number of hydrazine groups is 1. The molecule has 2 aliphatic heterocycles. The largest absolute Gasteiger partial charge is 0.484 e. The molecule has 1 aromatic rings. The molecule has 3 heterocycles. The summed E-state index contributed by atoms with van der Waals surface area (Å²) in [6, 6.07) is -0.691. The predicted molar refractivity (Wildman–Crippen MR) is 137 cm³/mol. The van der Waals surface area contributed by atoms with Crippen molar-refractivity contribution in [2.45, 2.75) is 64.6 Å². The van der Waals surface area contributed by atoms with E-state index in [-0.39, 0.29) is 31.6 Å². The molecule has 0 bridgehead atoms. The zero-order valence-corrected chi connectivity index (χ0v) is 22.9. The normalized spacial score (nSPS) is 20.9. The molecule has 4 amide bonds. The maximum Gasteiger partial charge on any atom is 0.407 e. The lowest BCUT2D eigenvalue weighted by Crippen LogP contribution is -2.65. The number of carboxylic acids is 1. The lowest BCUT2D eigenvalue weighted by molar-refractivity contribution is -0.176. The average molecular weight is 562 g/mol. The third-order valence-corrected chi connectivity index (χ3v) is 6.83. The Balaban J connectivity index is 1.90. The van der Waals surface area contributed by atoms with Gasteiger partial charge in [0.1, 0.15) is 30.5 Å². The molecule has 218 valence electrons. The maximum absolute atomic E-state index is 13.7. The van der Waals surface area contributed by atoms with Gasteiger partial charge in [-0.2, -0.15) is 0 Å². The van der Waals surface area contributed by atoms with Crippen LogP contribution >= 0.6 is 0 Å². The summed E-state index contributed by atoms with van der Waals surface area (Å²) in [5, 5.41) is 17.2. The summed E-state index contributed by atoms with van der Waals surface area (Å²) in [5.74, 6) is -4.97. The molecule has 3 rings (SSSR count). The fourth-order valence-corrected chi connectivity index (χ4v) is 4.90. The van der Waals surface area contributed by atoms with Gasteiger partial charge in [-0.1, -0.05) is 20.8 Å². The van der Waals surface area contributed by atoms with Crippen LogP contribution in [0.4, 0.5) is 4.79 Å². The molecular weight excluding hydrogens is 526 g/mol. The molecule has 14 heteroatoms. The topological polar surface area (TPSA) is 185 Å². The van der Waals surface area contributed by atoms with Crippen LogP contribution in [-0.2, 0) is 28.7 Å². The van der Waals surface area contributed by atoms with Crippen LogP contribution in [0.15, 0.2) is 24.5 Å². The molecule has 40 heavy (non-hydrogen) atoms. The summed E-state index contributed by atoms with van der Waals surface area (Å²) in [5.41, 5.74) is -0.962. The smallest absolute Gasteiger partial charge is 0.407 e. The van der Waals surface area contributed by atoms with Gasteiger partial charge < -0.3 is 25.2 Å². The summed E-state index contributed by atoms with van der Waals surface area (Å²) >= 11 is 0. The number of nitrogens with zero attached hydrogens (tertiary/aromatic N) is 3. The van der Waals surface area contributed by atoms with Crippen LogP contribution in [0.1, 0.15) is 46.5 Å². The number of carboxylic acid groups (broad SMARTS) is 1. The Hall–Kier alpha value is -4.23. The maximum atomic E-state index is 13.7. The van der Waals surface area contributed by atoms with E-state index in [0.717, 1.165) is 12.1 Å². The minimum Gasteiger partial charge on any atom is -0.484 e. The number of rotatable bonds is 9. The van der Waals surface area contributed by atoms with Crippen LogP contribution in [0.2, 0.25) is 0 Å². The number of Topliss-reactive ketones (excluding diaryl/α,β-unsaturated/α-hetero) is 1. The molecule has 2 aliphatic rings. The minimum atomic E-state index is -1.51. The van der Waals surface area contributed by atoms with E-state index < -0.39 is 71.6 Å². The Morgan fingerprint density at radius 2 is 1.93 bits per heavy atom. The van der Waals surface area contributed by atoms with Crippen molar-refractivity contribution < 1.29 is 43.3 Å². The summed E-state index contributed by atoms with van der Waals surface area (Å²) in [7, 11) is 1.13. The highest BCUT2D eigenvalue weighted by Crippen LogP contribution is 2.31. The third kappa shape index (κ3) is 7.04. The first-order chi connectivity index (χ1) is 18.8. The standard InChI is InChI=1S/C26H35N5O9/c1-26(2,3)20(24(36)37)21(18(32)14-40-15-7-5-11-27-13-15)29-22(34)17-8-6-12-30-19(33)10-9-16(23(35)31(17)30)28-25(38)39-4/h5,7,11,13,16-17,20-21H,6,8-10,12,14H2,1-4H3,(H,28,38)(H,29,34)(H,36,37). The van der Waals surface area contributed by atoms with Crippen LogP contribution in [0.3, 0.4) is 0 Å². The predicted octanol–water partition coefficient (Wildman–Crippen LogP) is 0.514. The van der Waals surface area contributed by atoms with Gasteiger partial charge in [0.25, 0.3) is 5.91 Å². The molecular formula is C26H35N5O9. The first kappa shape index (κ1) is 30.3. The SMILES string of the molecule is COC(=O)NC1CCC(=O)N2CCCC(C(=O)NC(C(=O)COc3cccnc3)C(C(=O)O)C(C)(C)C)N2C1=O. The second-order valence-electron chi connectivity index (χ2n) is 10.7. The number of fused-ring (bicyclic) bond motifs is 1. The number of aliphatic carboxylic acids is 1. The number of hydrogen-bond donors (Lipinski definition) is 3. The van der Waals surface area contributed by atoms with Crippen molar-refractivity contribution in [3.8, 4) is 5.75 Å². The average Bonchev–Trinajstić information content (AvgIpc) is 3.02. The van der Waals surface area contributed by atoms with Crippen LogP contribution < -0.4 is 15.4 Å². The molecule has 0 aromatic carbocycles. The Bertz CT molecular complexity index is 1140. The number of hydrogen-bond acceptors (Lipinski definition) is 9. The van der Waals surface area contributed by atoms with Crippen molar-refractivity contribution in [1.29, 1.82) is 0 Å². The first-order valence-corrected chi connectivity index (χ1v) is 12.9. The first-order valence-electron chi connectivity index (χ1n) is 12.9. The van der Waals surface area contributed by atoms with E-state index in [1.54, 1.807) is 32.9 Å². The highest BCUT2D eigenvalue weighted by Gasteiger charge is 2.48. The Kier molecular flexibility index (Phi) is 9.66.